The Balaban J connectivity index is 2.24. The van der Waals surface area contributed by atoms with Gasteiger partial charge in [0.15, 0.2) is 0 Å². The normalized spacial score (nSPS) is 13.7. The van der Waals surface area contributed by atoms with Crippen LogP contribution >= 0.6 is 0 Å². The number of aryl methyl sites for hydroxylation is 2. The van der Waals surface area contributed by atoms with Gasteiger partial charge in [-0.3, -0.25) is 4.98 Å². The first kappa shape index (κ1) is 10.3. The quantitative estimate of drug-likeness (QED) is 0.756. The Morgan fingerprint density at radius 3 is 2.71 bits per heavy atom. The van der Waals surface area contributed by atoms with Gasteiger partial charge in [-0.15, -0.1) is 0 Å². The highest BCUT2D eigenvalue weighted by Crippen LogP contribution is 2.37. The molecule has 0 fully saturated rings. The minimum Gasteiger partial charge on any atom is -0.398 e. The highest BCUT2D eigenvalue weighted by Gasteiger charge is 2.18. The largest absolute Gasteiger partial charge is 0.398 e. The molecule has 1 heterocycles. The summed E-state index contributed by atoms with van der Waals surface area (Å²) >= 11 is 0. The van der Waals surface area contributed by atoms with E-state index in [2.05, 4.69) is 18.0 Å². The molecule has 0 radical (unpaired) electrons. The zero-order valence-corrected chi connectivity index (χ0v) is 10.0. The van der Waals surface area contributed by atoms with Gasteiger partial charge >= 0.3 is 0 Å². The Morgan fingerprint density at radius 1 is 1.18 bits per heavy atom. The second-order valence-corrected chi connectivity index (χ2v) is 4.71. The fourth-order valence-electron chi connectivity index (χ4n) is 2.83. The molecule has 1 aliphatic rings. The molecule has 86 valence electrons. The molecule has 1 aliphatic carbocycles. The Hall–Kier alpha value is -1.83. The van der Waals surface area contributed by atoms with Crippen molar-refractivity contribution in [2.75, 3.05) is 5.73 Å². The van der Waals surface area contributed by atoms with E-state index in [-0.39, 0.29) is 0 Å². The summed E-state index contributed by atoms with van der Waals surface area (Å²) in [4.78, 5) is 4.06. The fourth-order valence-corrected chi connectivity index (χ4v) is 2.83. The Morgan fingerprint density at radius 2 is 1.94 bits per heavy atom. The van der Waals surface area contributed by atoms with Gasteiger partial charge in [-0.05, 0) is 60.6 Å². The van der Waals surface area contributed by atoms with Gasteiger partial charge in [0.2, 0.25) is 0 Å². The van der Waals surface area contributed by atoms with E-state index in [4.69, 9.17) is 5.73 Å². The summed E-state index contributed by atoms with van der Waals surface area (Å²) in [6, 6.07) is 6.36. The van der Waals surface area contributed by atoms with Crippen molar-refractivity contribution in [3.05, 3.63) is 47.3 Å². The Labute approximate surface area is 102 Å². The second-order valence-electron chi connectivity index (χ2n) is 4.71. The Kier molecular flexibility index (Phi) is 2.36. The zero-order chi connectivity index (χ0) is 11.8. The van der Waals surface area contributed by atoms with E-state index >= 15 is 0 Å². The molecule has 0 unspecified atom stereocenters. The standard InChI is InChI=1S/C15H16N2/c1-10-9-12-3-2-4-13(12)15(16)14(10)11-5-7-17-8-6-11/h5-9H,2-4,16H2,1H3. The minimum atomic E-state index is 0.976. The lowest BCUT2D eigenvalue weighted by Crippen LogP contribution is -1.99. The molecule has 0 saturated heterocycles. The maximum atomic E-state index is 6.35. The molecule has 1 aromatic carbocycles. The van der Waals surface area contributed by atoms with Crippen molar-refractivity contribution in [1.29, 1.82) is 0 Å². The van der Waals surface area contributed by atoms with E-state index in [1.807, 2.05) is 24.5 Å². The van der Waals surface area contributed by atoms with E-state index < -0.39 is 0 Å². The van der Waals surface area contributed by atoms with Crippen LogP contribution in [0.2, 0.25) is 0 Å². The SMILES string of the molecule is Cc1cc2c(c(N)c1-c1ccncc1)CCC2. The number of nitrogens with zero attached hydrogens (tertiary/aromatic N) is 1. The summed E-state index contributed by atoms with van der Waals surface area (Å²) in [5.41, 5.74) is 13.8. The van der Waals surface area contributed by atoms with E-state index in [9.17, 15) is 0 Å². The molecule has 3 rings (SSSR count). The number of nitrogens with two attached hydrogens (primary N) is 1. The third-order valence-corrected chi connectivity index (χ3v) is 3.61. The predicted octanol–water partition coefficient (Wildman–Crippen LogP) is 3.13. The van der Waals surface area contributed by atoms with Crippen LogP contribution in [-0.4, -0.2) is 4.98 Å². The van der Waals surface area contributed by atoms with E-state index in [1.165, 1.54) is 40.7 Å². The highest BCUT2D eigenvalue weighted by atomic mass is 14.6. The number of fused-ring (bicyclic) bond motifs is 1. The molecule has 0 bridgehead atoms. The van der Waals surface area contributed by atoms with Crippen LogP contribution < -0.4 is 5.73 Å². The topological polar surface area (TPSA) is 38.9 Å². The van der Waals surface area contributed by atoms with Crippen LogP contribution in [0, 0.1) is 6.92 Å². The third-order valence-electron chi connectivity index (χ3n) is 3.61. The monoisotopic (exact) mass is 224 g/mol. The van der Waals surface area contributed by atoms with Crippen LogP contribution in [0.5, 0.6) is 0 Å². The summed E-state index contributed by atoms with van der Waals surface area (Å²) in [6.45, 7) is 2.14. The van der Waals surface area contributed by atoms with Gasteiger partial charge in [-0.25, -0.2) is 0 Å². The summed E-state index contributed by atoms with van der Waals surface area (Å²) in [6.07, 6.45) is 7.18. The lowest BCUT2D eigenvalue weighted by molar-refractivity contribution is 0.912. The van der Waals surface area contributed by atoms with Gasteiger partial charge < -0.3 is 5.73 Å². The number of aromatic nitrogens is 1. The predicted molar refractivity (Wildman–Crippen MR) is 70.8 cm³/mol. The molecule has 0 amide bonds. The van der Waals surface area contributed by atoms with Crippen LogP contribution in [0.1, 0.15) is 23.1 Å². The molecule has 0 aliphatic heterocycles. The molecular weight excluding hydrogens is 208 g/mol. The molecule has 0 atom stereocenters. The van der Waals surface area contributed by atoms with Crippen molar-refractivity contribution in [3.63, 3.8) is 0 Å². The first-order chi connectivity index (χ1) is 8.27. The van der Waals surface area contributed by atoms with E-state index in [1.54, 1.807) is 0 Å². The number of anilines is 1. The van der Waals surface area contributed by atoms with Gasteiger partial charge in [-0.1, -0.05) is 6.07 Å². The molecule has 2 nitrogen and oxygen atoms in total. The van der Waals surface area contributed by atoms with Crippen molar-refractivity contribution < 1.29 is 0 Å². The van der Waals surface area contributed by atoms with Crippen LogP contribution in [-0.2, 0) is 12.8 Å². The van der Waals surface area contributed by atoms with Crippen molar-refractivity contribution >= 4 is 5.69 Å². The number of hydrogen-bond acceptors (Lipinski definition) is 2. The number of hydrogen-bond donors (Lipinski definition) is 1. The molecular formula is C15H16N2. The molecule has 0 saturated carbocycles. The maximum Gasteiger partial charge on any atom is 0.0431 e. The minimum absolute atomic E-state index is 0.976. The average molecular weight is 224 g/mol. The van der Waals surface area contributed by atoms with Crippen molar-refractivity contribution in [1.82, 2.24) is 4.98 Å². The lowest BCUT2D eigenvalue weighted by Gasteiger charge is -2.14. The number of pyridine rings is 1. The van der Waals surface area contributed by atoms with Crippen molar-refractivity contribution in [3.8, 4) is 11.1 Å². The van der Waals surface area contributed by atoms with Gasteiger partial charge in [0.25, 0.3) is 0 Å². The van der Waals surface area contributed by atoms with Gasteiger partial charge in [0.05, 0.1) is 0 Å². The first-order valence-corrected chi connectivity index (χ1v) is 6.08. The summed E-state index contributed by atoms with van der Waals surface area (Å²) in [7, 11) is 0. The van der Waals surface area contributed by atoms with E-state index in [0.29, 0.717) is 0 Å². The van der Waals surface area contributed by atoms with E-state index in [0.717, 1.165) is 12.1 Å². The summed E-state index contributed by atoms with van der Waals surface area (Å²) in [5.74, 6) is 0. The highest BCUT2D eigenvalue weighted by molar-refractivity contribution is 5.82. The zero-order valence-electron chi connectivity index (χ0n) is 10.0. The molecule has 1 aromatic heterocycles. The number of benzene rings is 1. The van der Waals surface area contributed by atoms with Crippen molar-refractivity contribution in [2.45, 2.75) is 26.2 Å². The van der Waals surface area contributed by atoms with Crippen LogP contribution in [0.3, 0.4) is 0 Å². The maximum absolute atomic E-state index is 6.35. The lowest BCUT2D eigenvalue weighted by atomic mass is 9.94. The Bertz CT molecular complexity index is 559. The second kappa shape index (κ2) is 3.88. The molecule has 17 heavy (non-hydrogen) atoms. The van der Waals surface area contributed by atoms with Crippen LogP contribution in [0.4, 0.5) is 5.69 Å². The fraction of sp³-hybridized carbons (Fsp3) is 0.267. The molecule has 2 N–H and O–H groups in total. The summed E-state index contributed by atoms with van der Waals surface area (Å²) < 4.78 is 0. The van der Waals surface area contributed by atoms with Crippen LogP contribution in [0.15, 0.2) is 30.6 Å². The van der Waals surface area contributed by atoms with Crippen LogP contribution in [0.25, 0.3) is 11.1 Å². The first-order valence-electron chi connectivity index (χ1n) is 6.08. The number of nitrogen functional groups attached to an aromatic ring is 1. The van der Waals surface area contributed by atoms with Gasteiger partial charge in [0, 0.05) is 23.6 Å². The van der Waals surface area contributed by atoms with Gasteiger partial charge in [-0.2, -0.15) is 0 Å². The average Bonchev–Trinajstić information content (AvgIpc) is 2.78. The number of rotatable bonds is 1. The molecule has 2 heteroatoms. The van der Waals surface area contributed by atoms with Gasteiger partial charge in [0.1, 0.15) is 0 Å². The molecule has 0 spiro atoms. The third kappa shape index (κ3) is 1.60. The van der Waals surface area contributed by atoms with Crippen molar-refractivity contribution in [2.24, 2.45) is 0 Å². The molecule has 2 aromatic rings. The summed E-state index contributed by atoms with van der Waals surface area (Å²) in [5, 5.41) is 0. The smallest absolute Gasteiger partial charge is 0.0431 e.